The van der Waals surface area contributed by atoms with Crippen molar-refractivity contribution in [3.63, 3.8) is 0 Å². The van der Waals surface area contributed by atoms with Gasteiger partial charge in [0.15, 0.2) is 0 Å². The van der Waals surface area contributed by atoms with Crippen LogP contribution in [0.5, 0.6) is 5.75 Å². The van der Waals surface area contributed by atoms with Crippen molar-refractivity contribution in [1.82, 2.24) is 0 Å². The second-order valence-corrected chi connectivity index (χ2v) is 8.01. The van der Waals surface area contributed by atoms with Gasteiger partial charge in [0.2, 0.25) is 0 Å². The van der Waals surface area contributed by atoms with E-state index in [1.54, 1.807) is 30.3 Å². The number of ether oxygens (including phenoxy) is 2. The quantitative estimate of drug-likeness (QED) is 0.733. The summed E-state index contributed by atoms with van der Waals surface area (Å²) >= 11 is 12.1. The number of benzene rings is 2. The van der Waals surface area contributed by atoms with E-state index in [9.17, 15) is 9.59 Å². The fraction of sp³-hybridized carbons (Fsp3) is 0.333. The average Bonchev–Trinajstić information content (AvgIpc) is 3.05. The predicted octanol–water partition coefficient (Wildman–Crippen LogP) is 4.64. The molecule has 2 atom stereocenters. The highest BCUT2D eigenvalue weighted by molar-refractivity contribution is 6.35. The molecule has 1 spiro atoms. The Kier molecular flexibility index (Phi) is 4.98. The van der Waals surface area contributed by atoms with Crippen molar-refractivity contribution in [3.05, 3.63) is 57.6 Å². The van der Waals surface area contributed by atoms with E-state index in [2.05, 4.69) is 5.32 Å². The van der Waals surface area contributed by atoms with Crippen LogP contribution in [0.2, 0.25) is 10.0 Å². The van der Waals surface area contributed by atoms with Crippen LogP contribution in [0, 0.1) is 0 Å². The van der Waals surface area contributed by atoms with Gasteiger partial charge in [-0.25, -0.2) is 4.79 Å². The second kappa shape index (κ2) is 7.30. The molecule has 0 radical (unpaired) electrons. The lowest BCUT2D eigenvalue weighted by Gasteiger charge is -2.36. The minimum absolute atomic E-state index is 0.0992. The Hall–Kier alpha value is -2.24. The Morgan fingerprint density at radius 2 is 2.04 bits per heavy atom. The number of carbonyl (C=O) groups is 2. The molecule has 1 heterocycles. The van der Waals surface area contributed by atoms with Crippen molar-refractivity contribution in [2.24, 2.45) is 0 Å². The van der Waals surface area contributed by atoms with E-state index in [1.165, 1.54) is 7.11 Å². The fourth-order valence-electron chi connectivity index (χ4n) is 4.05. The lowest BCUT2D eigenvalue weighted by atomic mass is 9.68. The van der Waals surface area contributed by atoms with Gasteiger partial charge in [-0.1, -0.05) is 23.2 Å². The smallest absolute Gasteiger partial charge is 0.337 e. The van der Waals surface area contributed by atoms with Crippen LogP contribution in [0.25, 0.3) is 0 Å². The molecule has 2 aromatic rings. The van der Waals surface area contributed by atoms with Gasteiger partial charge < -0.3 is 14.8 Å². The molecule has 0 saturated heterocycles. The first kappa shape index (κ1) is 19.1. The summed E-state index contributed by atoms with van der Waals surface area (Å²) in [5, 5.41) is 4.27. The zero-order valence-electron chi connectivity index (χ0n) is 15.3. The van der Waals surface area contributed by atoms with E-state index in [1.807, 2.05) is 6.07 Å². The molecule has 1 saturated carbocycles. The first-order valence-electron chi connectivity index (χ1n) is 9.05. The first-order valence-corrected chi connectivity index (χ1v) is 9.80. The Bertz CT molecular complexity index is 961. The van der Waals surface area contributed by atoms with Crippen LogP contribution < -0.4 is 10.1 Å². The van der Waals surface area contributed by atoms with Gasteiger partial charge in [-0.3, -0.25) is 4.79 Å². The summed E-state index contributed by atoms with van der Waals surface area (Å²) in [6.07, 6.45) is 1.37. The maximum atomic E-state index is 13.2. The van der Waals surface area contributed by atoms with Gasteiger partial charge in [0.05, 0.1) is 23.1 Å². The summed E-state index contributed by atoms with van der Waals surface area (Å²) in [6, 6.07) is 10.4. The third-order valence-corrected chi connectivity index (χ3v) is 6.09. The van der Waals surface area contributed by atoms with Crippen molar-refractivity contribution in [2.75, 3.05) is 19.0 Å². The van der Waals surface area contributed by atoms with Gasteiger partial charge in [-0.2, -0.15) is 0 Å². The third-order valence-electron chi connectivity index (χ3n) is 5.56. The standard InChI is InChI=1S/C21H19Cl2NO4/c1-27-20(26)12-2-4-17-15(8-12)21(11-24-17)7-6-14(10-19(21)25)28-18-5-3-13(22)9-16(18)23/h2-5,8-9,14,24H,6-7,10-11H2,1H3/t14-,21+/m1/s1. The molecule has 2 aliphatic rings. The van der Waals surface area contributed by atoms with E-state index in [0.29, 0.717) is 40.7 Å². The van der Waals surface area contributed by atoms with Crippen LogP contribution >= 0.6 is 23.2 Å². The highest BCUT2D eigenvalue weighted by Gasteiger charge is 2.49. The van der Waals surface area contributed by atoms with E-state index < -0.39 is 11.4 Å². The summed E-state index contributed by atoms with van der Waals surface area (Å²) < 4.78 is 10.8. The van der Waals surface area contributed by atoms with Gasteiger partial charge in [-0.15, -0.1) is 0 Å². The molecule has 1 aliphatic carbocycles. The highest BCUT2D eigenvalue weighted by atomic mass is 35.5. The number of hydrogen-bond acceptors (Lipinski definition) is 5. The van der Waals surface area contributed by atoms with Gasteiger partial charge in [0.1, 0.15) is 17.6 Å². The number of rotatable bonds is 3. The summed E-state index contributed by atoms with van der Waals surface area (Å²) in [6.45, 7) is 0.528. The van der Waals surface area contributed by atoms with Gasteiger partial charge in [0.25, 0.3) is 0 Å². The third kappa shape index (κ3) is 3.23. The number of fused-ring (bicyclic) bond motifs is 2. The maximum absolute atomic E-state index is 13.2. The molecule has 1 N–H and O–H groups in total. The summed E-state index contributed by atoms with van der Waals surface area (Å²) in [5.74, 6) is 0.214. The van der Waals surface area contributed by atoms with E-state index in [0.717, 1.165) is 11.3 Å². The molecular formula is C21H19Cl2NO4. The lowest BCUT2D eigenvalue weighted by molar-refractivity contribution is -0.128. The van der Waals surface area contributed by atoms with Crippen LogP contribution in [0.1, 0.15) is 35.2 Å². The van der Waals surface area contributed by atoms with Crippen LogP contribution in [0.3, 0.4) is 0 Å². The number of hydrogen-bond donors (Lipinski definition) is 1. The minimum atomic E-state index is -0.636. The first-order chi connectivity index (χ1) is 13.4. The Labute approximate surface area is 172 Å². The number of carbonyl (C=O) groups excluding carboxylic acids is 2. The highest BCUT2D eigenvalue weighted by Crippen LogP contribution is 2.46. The van der Waals surface area contributed by atoms with Gasteiger partial charge in [0, 0.05) is 23.7 Å². The largest absolute Gasteiger partial charge is 0.488 e. The number of anilines is 1. The molecular weight excluding hydrogens is 401 g/mol. The topological polar surface area (TPSA) is 64.6 Å². The molecule has 7 heteroatoms. The zero-order valence-corrected chi connectivity index (χ0v) is 16.8. The van der Waals surface area contributed by atoms with Crippen molar-refractivity contribution >= 4 is 40.6 Å². The van der Waals surface area contributed by atoms with Crippen LogP contribution in [-0.2, 0) is 14.9 Å². The number of methoxy groups -OCH3 is 1. The van der Waals surface area contributed by atoms with Crippen molar-refractivity contribution in [3.8, 4) is 5.75 Å². The molecule has 5 nitrogen and oxygen atoms in total. The lowest BCUT2D eigenvalue weighted by Crippen LogP contribution is -2.45. The van der Waals surface area contributed by atoms with E-state index in [-0.39, 0.29) is 18.3 Å². The summed E-state index contributed by atoms with van der Waals surface area (Å²) in [7, 11) is 1.35. The molecule has 0 aromatic heterocycles. The number of halogens is 2. The molecule has 146 valence electrons. The van der Waals surface area contributed by atoms with Gasteiger partial charge >= 0.3 is 5.97 Å². The normalized spacial score (nSPS) is 23.2. The molecule has 28 heavy (non-hydrogen) atoms. The summed E-state index contributed by atoms with van der Waals surface area (Å²) in [5.41, 5.74) is 1.57. The van der Waals surface area contributed by atoms with Gasteiger partial charge in [-0.05, 0) is 54.8 Å². The Morgan fingerprint density at radius 1 is 1.21 bits per heavy atom. The van der Waals surface area contributed by atoms with Crippen molar-refractivity contribution in [2.45, 2.75) is 30.8 Å². The van der Waals surface area contributed by atoms with Crippen molar-refractivity contribution in [1.29, 1.82) is 0 Å². The van der Waals surface area contributed by atoms with E-state index >= 15 is 0 Å². The minimum Gasteiger partial charge on any atom is -0.488 e. The molecule has 1 aliphatic heterocycles. The fourth-order valence-corrected chi connectivity index (χ4v) is 4.51. The average molecular weight is 420 g/mol. The molecule has 1 fully saturated rings. The van der Waals surface area contributed by atoms with E-state index in [4.69, 9.17) is 32.7 Å². The molecule has 2 aromatic carbocycles. The molecule has 4 rings (SSSR count). The SMILES string of the molecule is COC(=O)c1ccc2c(c1)[C@]1(CC[C@@H](Oc3ccc(Cl)cc3Cl)CC1=O)CN2. The Balaban J connectivity index is 1.55. The molecule has 0 unspecified atom stereocenters. The number of esters is 1. The zero-order chi connectivity index (χ0) is 19.9. The molecule has 0 bridgehead atoms. The maximum Gasteiger partial charge on any atom is 0.337 e. The second-order valence-electron chi connectivity index (χ2n) is 7.17. The summed E-state index contributed by atoms with van der Waals surface area (Å²) in [4.78, 5) is 25.1. The number of ketones is 1. The van der Waals surface area contributed by atoms with Crippen LogP contribution in [-0.4, -0.2) is 31.5 Å². The predicted molar refractivity (Wildman–Crippen MR) is 108 cm³/mol. The van der Waals surface area contributed by atoms with Crippen molar-refractivity contribution < 1.29 is 19.1 Å². The van der Waals surface area contributed by atoms with Crippen LogP contribution in [0.4, 0.5) is 5.69 Å². The number of Topliss-reactive ketones (excluding diaryl/α,β-unsaturated/α-hetero) is 1. The Morgan fingerprint density at radius 3 is 2.75 bits per heavy atom. The van der Waals surface area contributed by atoms with Crippen LogP contribution in [0.15, 0.2) is 36.4 Å². The molecule has 0 amide bonds. The number of nitrogens with one attached hydrogen (secondary N) is 1. The monoisotopic (exact) mass is 419 g/mol.